The number of rotatable bonds is 5. The van der Waals surface area contributed by atoms with Crippen molar-refractivity contribution in [1.82, 2.24) is 5.32 Å². The molecule has 0 saturated heterocycles. The van der Waals surface area contributed by atoms with Gasteiger partial charge in [0, 0.05) is 6.54 Å². The monoisotopic (exact) mass is 273 g/mol. The maximum atomic E-state index is 13.4. The van der Waals surface area contributed by atoms with E-state index in [2.05, 4.69) is 5.32 Å². The lowest BCUT2D eigenvalue weighted by molar-refractivity contribution is 0.0947. The molecule has 0 radical (unpaired) electrons. The van der Waals surface area contributed by atoms with Crippen molar-refractivity contribution in [3.05, 3.63) is 65.5 Å². The second-order valence-electron chi connectivity index (χ2n) is 4.24. The summed E-state index contributed by atoms with van der Waals surface area (Å²) in [4.78, 5) is 11.9. The van der Waals surface area contributed by atoms with Crippen LogP contribution in [-0.2, 0) is 6.54 Å². The van der Waals surface area contributed by atoms with E-state index in [0.29, 0.717) is 13.2 Å². The fourth-order valence-electron chi connectivity index (χ4n) is 1.83. The van der Waals surface area contributed by atoms with Gasteiger partial charge in [0.05, 0.1) is 12.2 Å². The molecule has 0 aliphatic heterocycles. The molecule has 0 aromatic heterocycles. The largest absolute Gasteiger partial charge is 0.494 e. The van der Waals surface area contributed by atoms with Crippen LogP contribution in [0.4, 0.5) is 4.39 Å². The molecule has 0 fully saturated rings. The van der Waals surface area contributed by atoms with Crippen molar-refractivity contribution in [1.29, 1.82) is 0 Å². The van der Waals surface area contributed by atoms with E-state index in [1.807, 2.05) is 31.2 Å². The van der Waals surface area contributed by atoms with Crippen LogP contribution in [-0.4, -0.2) is 12.5 Å². The summed E-state index contributed by atoms with van der Waals surface area (Å²) in [7, 11) is 0. The van der Waals surface area contributed by atoms with Crippen LogP contribution in [0, 0.1) is 5.82 Å². The van der Waals surface area contributed by atoms with Gasteiger partial charge in [-0.25, -0.2) is 4.39 Å². The molecule has 0 bridgehead atoms. The first-order valence-corrected chi connectivity index (χ1v) is 6.45. The van der Waals surface area contributed by atoms with Crippen molar-refractivity contribution < 1.29 is 13.9 Å². The Balaban J connectivity index is 2.00. The van der Waals surface area contributed by atoms with Crippen LogP contribution in [0.3, 0.4) is 0 Å². The first-order chi connectivity index (χ1) is 9.70. The Morgan fingerprint density at radius 1 is 1.20 bits per heavy atom. The smallest absolute Gasteiger partial charge is 0.254 e. The van der Waals surface area contributed by atoms with E-state index >= 15 is 0 Å². The molecule has 2 aromatic rings. The first-order valence-electron chi connectivity index (χ1n) is 6.45. The molecule has 0 aliphatic rings. The zero-order chi connectivity index (χ0) is 14.4. The number of hydrogen-bond acceptors (Lipinski definition) is 2. The standard InChI is InChI=1S/C16H16FNO2/c1-2-20-13-7-5-6-12(10-13)11-18-16(19)14-8-3-4-9-15(14)17/h3-10H,2,11H2,1H3,(H,18,19). The summed E-state index contributed by atoms with van der Waals surface area (Å²) in [5.41, 5.74) is 0.953. The normalized spacial score (nSPS) is 10.1. The lowest BCUT2D eigenvalue weighted by Gasteiger charge is -2.08. The number of halogens is 1. The van der Waals surface area contributed by atoms with Crippen molar-refractivity contribution in [2.24, 2.45) is 0 Å². The van der Waals surface area contributed by atoms with Gasteiger partial charge in [0.25, 0.3) is 5.91 Å². The maximum absolute atomic E-state index is 13.4. The van der Waals surface area contributed by atoms with E-state index in [9.17, 15) is 9.18 Å². The lowest BCUT2D eigenvalue weighted by Crippen LogP contribution is -2.23. The van der Waals surface area contributed by atoms with Crippen LogP contribution >= 0.6 is 0 Å². The molecule has 104 valence electrons. The van der Waals surface area contributed by atoms with Crippen molar-refractivity contribution in [2.75, 3.05) is 6.61 Å². The molecular weight excluding hydrogens is 257 g/mol. The Morgan fingerprint density at radius 3 is 2.75 bits per heavy atom. The van der Waals surface area contributed by atoms with E-state index < -0.39 is 11.7 Å². The summed E-state index contributed by atoms with van der Waals surface area (Å²) in [6.07, 6.45) is 0. The minimum absolute atomic E-state index is 0.0495. The highest BCUT2D eigenvalue weighted by Crippen LogP contribution is 2.13. The molecule has 0 heterocycles. The average Bonchev–Trinajstić information content (AvgIpc) is 2.46. The zero-order valence-corrected chi connectivity index (χ0v) is 11.2. The number of nitrogens with one attached hydrogen (secondary N) is 1. The summed E-state index contributed by atoms with van der Waals surface area (Å²) >= 11 is 0. The Morgan fingerprint density at radius 2 is 2.00 bits per heavy atom. The van der Waals surface area contributed by atoms with Gasteiger partial charge in [0.1, 0.15) is 11.6 Å². The highest BCUT2D eigenvalue weighted by Gasteiger charge is 2.10. The Labute approximate surface area is 117 Å². The SMILES string of the molecule is CCOc1cccc(CNC(=O)c2ccccc2F)c1. The number of carbonyl (C=O) groups excluding carboxylic acids is 1. The number of amides is 1. The highest BCUT2D eigenvalue weighted by atomic mass is 19.1. The van der Waals surface area contributed by atoms with Gasteiger partial charge in [0.15, 0.2) is 0 Å². The Hall–Kier alpha value is -2.36. The summed E-state index contributed by atoms with van der Waals surface area (Å²) in [6.45, 7) is 2.83. The molecule has 1 N–H and O–H groups in total. The fourth-order valence-corrected chi connectivity index (χ4v) is 1.83. The van der Waals surface area contributed by atoms with E-state index in [1.54, 1.807) is 12.1 Å². The molecule has 0 atom stereocenters. The second kappa shape index (κ2) is 6.70. The summed E-state index contributed by atoms with van der Waals surface area (Å²) in [5.74, 6) is -0.192. The van der Waals surface area contributed by atoms with Crippen LogP contribution < -0.4 is 10.1 Å². The van der Waals surface area contributed by atoms with Gasteiger partial charge in [-0.3, -0.25) is 4.79 Å². The van der Waals surface area contributed by atoms with Crippen LogP contribution in [0.2, 0.25) is 0 Å². The maximum Gasteiger partial charge on any atom is 0.254 e. The van der Waals surface area contributed by atoms with Gasteiger partial charge in [-0.05, 0) is 36.8 Å². The molecule has 0 aliphatic carbocycles. The van der Waals surface area contributed by atoms with Crippen molar-refractivity contribution >= 4 is 5.91 Å². The average molecular weight is 273 g/mol. The van der Waals surface area contributed by atoms with Gasteiger partial charge in [0.2, 0.25) is 0 Å². The van der Waals surface area contributed by atoms with Crippen LogP contribution in [0.25, 0.3) is 0 Å². The Kier molecular flexibility index (Phi) is 4.71. The zero-order valence-electron chi connectivity index (χ0n) is 11.2. The minimum atomic E-state index is -0.520. The molecule has 3 nitrogen and oxygen atoms in total. The van der Waals surface area contributed by atoms with E-state index in [4.69, 9.17) is 4.74 Å². The van der Waals surface area contributed by atoms with E-state index in [1.165, 1.54) is 12.1 Å². The van der Waals surface area contributed by atoms with Crippen molar-refractivity contribution in [3.63, 3.8) is 0 Å². The molecule has 1 amide bonds. The predicted molar refractivity (Wildman–Crippen MR) is 75.2 cm³/mol. The van der Waals surface area contributed by atoms with Gasteiger partial charge >= 0.3 is 0 Å². The van der Waals surface area contributed by atoms with E-state index in [0.717, 1.165) is 11.3 Å². The molecule has 0 unspecified atom stereocenters. The van der Waals surface area contributed by atoms with Gasteiger partial charge in [-0.1, -0.05) is 24.3 Å². The quantitative estimate of drug-likeness (QED) is 0.908. The lowest BCUT2D eigenvalue weighted by atomic mass is 10.2. The van der Waals surface area contributed by atoms with Crippen molar-refractivity contribution in [2.45, 2.75) is 13.5 Å². The predicted octanol–water partition coefficient (Wildman–Crippen LogP) is 3.15. The van der Waals surface area contributed by atoms with Crippen LogP contribution in [0.1, 0.15) is 22.8 Å². The number of ether oxygens (including phenoxy) is 1. The highest BCUT2D eigenvalue weighted by molar-refractivity contribution is 5.94. The third kappa shape index (κ3) is 3.57. The second-order valence-corrected chi connectivity index (χ2v) is 4.24. The fraction of sp³-hybridized carbons (Fsp3) is 0.188. The first kappa shape index (κ1) is 14.1. The third-order valence-corrected chi connectivity index (χ3v) is 2.78. The van der Waals surface area contributed by atoms with Crippen molar-refractivity contribution in [3.8, 4) is 5.75 Å². The molecule has 20 heavy (non-hydrogen) atoms. The number of hydrogen-bond donors (Lipinski definition) is 1. The third-order valence-electron chi connectivity index (χ3n) is 2.78. The van der Waals surface area contributed by atoms with Crippen LogP contribution in [0.5, 0.6) is 5.75 Å². The molecule has 2 rings (SSSR count). The van der Waals surface area contributed by atoms with Gasteiger partial charge < -0.3 is 10.1 Å². The topological polar surface area (TPSA) is 38.3 Å². The Bertz CT molecular complexity index is 599. The molecule has 0 saturated carbocycles. The van der Waals surface area contributed by atoms with E-state index in [-0.39, 0.29) is 5.56 Å². The van der Waals surface area contributed by atoms with Crippen LogP contribution in [0.15, 0.2) is 48.5 Å². The number of carbonyl (C=O) groups is 1. The molecular formula is C16H16FNO2. The number of benzene rings is 2. The summed E-state index contributed by atoms with van der Waals surface area (Å²) < 4.78 is 18.8. The molecule has 0 spiro atoms. The minimum Gasteiger partial charge on any atom is -0.494 e. The summed E-state index contributed by atoms with van der Waals surface area (Å²) in [5, 5.41) is 2.69. The van der Waals surface area contributed by atoms with Gasteiger partial charge in [-0.15, -0.1) is 0 Å². The van der Waals surface area contributed by atoms with Gasteiger partial charge in [-0.2, -0.15) is 0 Å². The molecule has 2 aromatic carbocycles. The summed E-state index contributed by atoms with van der Waals surface area (Å²) in [6, 6.07) is 13.4. The molecule has 4 heteroatoms.